The zero-order valence-corrected chi connectivity index (χ0v) is 7.92. The second-order valence-corrected chi connectivity index (χ2v) is 3.31. The van der Waals surface area contributed by atoms with Crippen molar-refractivity contribution in [2.45, 2.75) is 13.8 Å². The van der Waals surface area contributed by atoms with E-state index in [4.69, 9.17) is 28.9 Å². The highest BCUT2D eigenvalue weighted by atomic mass is 35.5. The summed E-state index contributed by atoms with van der Waals surface area (Å²) in [6, 6.07) is 1.92. The number of hydrogen-bond acceptors (Lipinski definition) is 1. The molecule has 0 saturated carbocycles. The molecular weight excluding hydrogens is 181 g/mol. The van der Waals surface area contributed by atoms with Gasteiger partial charge in [0, 0.05) is 0 Å². The average Bonchev–Trinajstić information content (AvgIpc) is 1.97. The summed E-state index contributed by atoms with van der Waals surface area (Å²) in [5, 5.41) is 1.01. The van der Waals surface area contributed by atoms with Crippen LogP contribution in [0.5, 0.6) is 0 Å². The summed E-state index contributed by atoms with van der Waals surface area (Å²) in [4.78, 5) is 0. The van der Waals surface area contributed by atoms with Crippen LogP contribution in [0.3, 0.4) is 0 Å². The lowest BCUT2D eigenvalue weighted by Gasteiger charge is -2.06. The molecule has 0 fully saturated rings. The van der Waals surface area contributed by atoms with Crippen LogP contribution in [-0.2, 0) is 0 Å². The van der Waals surface area contributed by atoms with Gasteiger partial charge < -0.3 is 5.73 Å². The maximum Gasteiger partial charge on any atom is 0.0826 e. The Labute approximate surface area is 76.1 Å². The molecule has 3 heteroatoms. The molecule has 0 aliphatic carbocycles. The molecule has 0 heterocycles. The van der Waals surface area contributed by atoms with Crippen molar-refractivity contribution in [2.75, 3.05) is 5.73 Å². The fraction of sp³-hybridized carbons (Fsp3) is 0.250. The molecule has 0 saturated heterocycles. The van der Waals surface area contributed by atoms with E-state index < -0.39 is 0 Å². The van der Waals surface area contributed by atoms with Gasteiger partial charge in [0.1, 0.15) is 0 Å². The maximum atomic E-state index is 5.84. The summed E-state index contributed by atoms with van der Waals surface area (Å²) < 4.78 is 0. The highest BCUT2D eigenvalue weighted by molar-refractivity contribution is 6.44. The molecule has 0 atom stereocenters. The Morgan fingerprint density at radius 3 is 2.18 bits per heavy atom. The van der Waals surface area contributed by atoms with Gasteiger partial charge in [0.25, 0.3) is 0 Å². The number of benzene rings is 1. The number of nitrogens with two attached hydrogens (primary N) is 1. The third kappa shape index (κ3) is 1.44. The van der Waals surface area contributed by atoms with Gasteiger partial charge in [0.05, 0.1) is 15.7 Å². The second-order valence-electron chi connectivity index (χ2n) is 2.55. The monoisotopic (exact) mass is 189 g/mol. The summed E-state index contributed by atoms with van der Waals surface area (Å²) in [5.41, 5.74) is 8.14. The molecule has 1 aromatic carbocycles. The van der Waals surface area contributed by atoms with Crippen LogP contribution < -0.4 is 5.73 Å². The first-order valence-corrected chi connectivity index (χ1v) is 4.00. The molecule has 2 N–H and O–H groups in total. The molecule has 0 amide bonds. The molecular formula is C8H9Cl2N. The molecule has 60 valence electrons. The van der Waals surface area contributed by atoms with E-state index in [1.54, 1.807) is 0 Å². The Hall–Kier alpha value is -0.400. The van der Waals surface area contributed by atoms with Crippen LogP contribution in [-0.4, -0.2) is 0 Å². The Bertz CT molecular complexity index is 268. The number of anilines is 1. The Kier molecular flexibility index (Phi) is 2.31. The standard InChI is InChI=1S/C8H9Cl2N/c1-4-3-5(2)8(11)7(10)6(4)9/h3H,11H2,1-2H3. The van der Waals surface area contributed by atoms with Crippen LogP contribution in [0.15, 0.2) is 6.07 Å². The fourth-order valence-corrected chi connectivity index (χ4v) is 1.38. The van der Waals surface area contributed by atoms with Crippen molar-refractivity contribution >= 4 is 28.9 Å². The van der Waals surface area contributed by atoms with Crippen LogP contribution >= 0.6 is 23.2 Å². The van der Waals surface area contributed by atoms with Crippen LogP contribution in [0.4, 0.5) is 5.69 Å². The molecule has 0 aromatic heterocycles. The van der Waals surface area contributed by atoms with Crippen molar-refractivity contribution in [1.29, 1.82) is 0 Å². The minimum Gasteiger partial charge on any atom is -0.397 e. The lowest BCUT2D eigenvalue weighted by molar-refractivity contribution is 1.39. The average molecular weight is 190 g/mol. The van der Waals surface area contributed by atoms with Crippen molar-refractivity contribution in [2.24, 2.45) is 0 Å². The molecule has 0 radical (unpaired) electrons. The third-order valence-corrected chi connectivity index (χ3v) is 2.61. The summed E-state index contributed by atoms with van der Waals surface area (Å²) in [7, 11) is 0. The number of nitrogen functional groups attached to an aromatic ring is 1. The van der Waals surface area contributed by atoms with Crippen LogP contribution in [0, 0.1) is 13.8 Å². The summed E-state index contributed by atoms with van der Waals surface area (Å²) in [5.74, 6) is 0. The molecule has 11 heavy (non-hydrogen) atoms. The Morgan fingerprint density at radius 2 is 1.64 bits per heavy atom. The van der Waals surface area contributed by atoms with Gasteiger partial charge in [-0.1, -0.05) is 29.3 Å². The van der Waals surface area contributed by atoms with Gasteiger partial charge in [0.15, 0.2) is 0 Å². The summed E-state index contributed by atoms with van der Waals surface area (Å²) in [6.07, 6.45) is 0. The maximum absolute atomic E-state index is 5.84. The molecule has 1 aromatic rings. The van der Waals surface area contributed by atoms with Gasteiger partial charge in [-0.2, -0.15) is 0 Å². The van der Waals surface area contributed by atoms with Crippen LogP contribution in [0.1, 0.15) is 11.1 Å². The summed E-state index contributed by atoms with van der Waals surface area (Å²) >= 11 is 11.7. The van der Waals surface area contributed by atoms with E-state index >= 15 is 0 Å². The second kappa shape index (κ2) is 2.92. The molecule has 1 rings (SSSR count). The molecule has 0 spiro atoms. The van der Waals surface area contributed by atoms with E-state index in [2.05, 4.69) is 0 Å². The minimum atomic E-state index is 0.462. The molecule has 0 bridgehead atoms. The van der Waals surface area contributed by atoms with Crippen LogP contribution in [0.25, 0.3) is 0 Å². The number of rotatable bonds is 0. The van der Waals surface area contributed by atoms with Crippen molar-refractivity contribution in [1.82, 2.24) is 0 Å². The van der Waals surface area contributed by atoms with E-state index in [0.717, 1.165) is 11.1 Å². The quantitative estimate of drug-likeness (QED) is 0.624. The fourth-order valence-electron chi connectivity index (χ4n) is 0.930. The molecule has 0 unspecified atom stereocenters. The van der Waals surface area contributed by atoms with E-state index in [1.165, 1.54) is 0 Å². The van der Waals surface area contributed by atoms with E-state index in [1.807, 2.05) is 19.9 Å². The molecule has 0 aliphatic heterocycles. The van der Waals surface area contributed by atoms with Crippen molar-refractivity contribution in [3.8, 4) is 0 Å². The van der Waals surface area contributed by atoms with Gasteiger partial charge in [-0.15, -0.1) is 0 Å². The van der Waals surface area contributed by atoms with Crippen molar-refractivity contribution < 1.29 is 0 Å². The van der Waals surface area contributed by atoms with E-state index in [0.29, 0.717) is 15.7 Å². The first-order chi connectivity index (χ1) is 5.04. The van der Waals surface area contributed by atoms with Gasteiger partial charge in [0.2, 0.25) is 0 Å². The van der Waals surface area contributed by atoms with Crippen molar-refractivity contribution in [3.63, 3.8) is 0 Å². The Morgan fingerprint density at radius 1 is 1.09 bits per heavy atom. The molecule has 0 aliphatic rings. The van der Waals surface area contributed by atoms with E-state index in [9.17, 15) is 0 Å². The number of halogens is 2. The van der Waals surface area contributed by atoms with Crippen LogP contribution in [0.2, 0.25) is 10.0 Å². The summed E-state index contributed by atoms with van der Waals surface area (Å²) in [6.45, 7) is 3.81. The lowest BCUT2D eigenvalue weighted by Crippen LogP contribution is -1.92. The first-order valence-electron chi connectivity index (χ1n) is 3.24. The lowest BCUT2D eigenvalue weighted by atomic mass is 10.1. The van der Waals surface area contributed by atoms with Gasteiger partial charge in [-0.05, 0) is 25.0 Å². The zero-order valence-electron chi connectivity index (χ0n) is 6.41. The van der Waals surface area contributed by atoms with Gasteiger partial charge in [-0.25, -0.2) is 0 Å². The third-order valence-electron chi connectivity index (χ3n) is 1.63. The zero-order chi connectivity index (χ0) is 8.59. The van der Waals surface area contributed by atoms with Gasteiger partial charge >= 0.3 is 0 Å². The number of hydrogen-bond donors (Lipinski definition) is 1. The van der Waals surface area contributed by atoms with Crippen molar-refractivity contribution in [3.05, 3.63) is 27.2 Å². The number of aryl methyl sites for hydroxylation is 2. The molecule has 1 nitrogen and oxygen atoms in total. The largest absolute Gasteiger partial charge is 0.397 e. The normalized spacial score (nSPS) is 10.2. The smallest absolute Gasteiger partial charge is 0.0826 e. The Balaban J connectivity index is 3.46. The highest BCUT2D eigenvalue weighted by Gasteiger charge is 2.07. The first kappa shape index (κ1) is 8.69. The minimum absolute atomic E-state index is 0.462. The van der Waals surface area contributed by atoms with E-state index in [-0.39, 0.29) is 0 Å². The SMILES string of the molecule is Cc1cc(C)c(Cl)c(Cl)c1N. The predicted octanol–water partition coefficient (Wildman–Crippen LogP) is 3.19. The topological polar surface area (TPSA) is 26.0 Å². The highest BCUT2D eigenvalue weighted by Crippen LogP contribution is 2.33. The predicted molar refractivity (Wildman–Crippen MR) is 50.3 cm³/mol. The van der Waals surface area contributed by atoms with Gasteiger partial charge in [-0.3, -0.25) is 0 Å².